The van der Waals surface area contributed by atoms with Crippen LogP contribution >= 0.6 is 23.2 Å². The SMILES string of the molecule is Cn1c(Cc2cc(CNC(=O)C3(C)CC3)c(F)cc2Cl)nc2cc(Cl)c(N3CCC(C)(C)CC3)cc21. The second kappa shape index (κ2) is 9.21. The van der Waals surface area contributed by atoms with Gasteiger partial charge in [-0.05, 0) is 60.9 Å². The molecule has 192 valence electrons. The molecule has 1 aliphatic heterocycles. The Bertz CT molecular complexity index is 1340. The summed E-state index contributed by atoms with van der Waals surface area (Å²) in [5.74, 6) is 0.363. The molecule has 0 bridgehead atoms. The third-order valence-corrected chi connectivity index (χ3v) is 8.71. The lowest BCUT2D eigenvalue weighted by atomic mass is 9.82. The molecule has 8 heteroatoms. The molecule has 1 amide bonds. The van der Waals surface area contributed by atoms with Crippen LogP contribution in [0, 0.1) is 16.6 Å². The van der Waals surface area contributed by atoms with Gasteiger partial charge in [-0.3, -0.25) is 4.79 Å². The predicted octanol–water partition coefficient (Wildman–Crippen LogP) is 6.65. The fourth-order valence-corrected chi connectivity index (χ4v) is 5.39. The van der Waals surface area contributed by atoms with Crippen LogP contribution in [-0.2, 0) is 24.8 Å². The summed E-state index contributed by atoms with van der Waals surface area (Å²) in [5, 5.41) is 3.92. The molecule has 1 aromatic heterocycles. The van der Waals surface area contributed by atoms with Crippen molar-refractivity contribution < 1.29 is 9.18 Å². The van der Waals surface area contributed by atoms with E-state index in [0.29, 0.717) is 27.4 Å². The monoisotopic (exact) mass is 530 g/mol. The number of hydrogen-bond donors (Lipinski definition) is 1. The van der Waals surface area contributed by atoms with E-state index in [9.17, 15) is 9.18 Å². The zero-order valence-electron chi connectivity index (χ0n) is 21.4. The smallest absolute Gasteiger partial charge is 0.226 e. The molecule has 2 heterocycles. The fourth-order valence-electron chi connectivity index (χ4n) is 4.89. The van der Waals surface area contributed by atoms with Gasteiger partial charge in [0.1, 0.15) is 11.6 Å². The van der Waals surface area contributed by atoms with E-state index in [2.05, 4.69) is 34.7 Å². The first-order valence-electron chi connectivity index (χ1n) is 12.6. The topological polar surface area (TPSA) is 50.2 Å². The maximum absolute atomic E-state index is 14.6. The Morgan fingerprint density at radius 2 is 1.72 bits per heavy atom. The van der Waals surface area contributed by atoms with Crippen molar-refractivity contribution in [2.75, 3.05) is 18.0 Å². The van der Waals surface area contributed by atoms with Gasteiger partial charge in [0, 0.05) is 49.1 Å². The normalized spacial score (nSPS) is 18.5. The third-order valence-electron chi connectivity index (χ3n) is 8.05. The molecular formula is C28H33Cl2FN4O. The molecule has 1 aliphatic carbocycles. The highest BCUT2D eigenvalue weighted by Gasteiger charge is 2.44. The first kappa shape index (κ1) is 25.3. The van der Waals surface area contributed by atoms with Crippen LogP contribution in [0.25, 0.3) is 11.0 Å². The second-order valence-electron chi connectivity index (χ2n) is 11.5. The summed E-state index contributed by atoms with van der Waals surface area (Å²) in [6, 6.07) is 7.12. The molecule has 3 aromatic rings. The zero-order chi connectivity index (χ0) is 25.8. The molecule has 1 saturated carbocycles. The van der Waals surface area contributed by atoms with Crippen molar-refractivity contribution in [1.29, 1.82) is 0 Å². The highest BCUT2D eigenvalue weighted by molar-refractivity contribution is 6.34. The summed E-state index contributed by atoms with van der Waals surface area (Å²) in [6.45, 7) is 8.66. The van der Waals surface area contributed by atoms with Crippen molar-refractivity contribution in [1.82, 2.24) is 14.9 Å². The fraction of sp³-hybridized carbons (Fsp3) is 0.500. The number of nitrogens with one attached hydrogen (secondary N) is 1. The Labute approximate surface area is 222 Å². The highest BCUT2D eigenvalue weighted by Crippen LogP contribution is 2.45. The minimum absolute atomic E-state index is 0.0290. The lowest BCUT2D eigenvalue weighted by molar-refractivity contribution is -0.125. The summed E-state index contributed by atoms with van der Waals surface area (Å²) in [5.41, 5.74) is 4.10. The van der Waals surface area contributed by atoms with Crippen molar-refractivity contribution in [3.63, 3.8) is 0 Å². The lowest BCUT2D eigenvalue weighted by Crippen LogP contribution is -2.37. The number of carbonyl (C=O) groups excluding carboxylic acids is 1. The number of amides is 1. The zero-order valence-corrected chi connectivity index (χ0v) is 22.9. The van der Waals surface area contributed by atoms with Crippen LogP contribution in [0.2, 0.25) is 10.0 Å². The summed E-state index contributed by atoms with van der Waals surface area (Å²) in [7, 11) is 1.98. The number of nitrogens with zero attached hydrogens (tertiary/aromatic N) is 3. The average molecular weight is 532 g/mol. The van der Waals surface area contributed by atoms with Gasteiger partial charge in [0.2, 0.25) is 5.91 Å². The molecule has 2 aromatic carbocycles. The third kappa shape index (κ3) is 4.95. The van der Waals surface area contributed by atoms with Gasteiger partial charge in [-0.1, -0.05) is 44.0 Å². The minimum atomic E-state index is -0.420. The number of anilines is 1. The molecule has 1 saturated heterocycles. The molecule has 5 nitrogen and oxygen atoms in total. The Kier molecular flexibility index (Phi) is 6.49. The molecule has 36 heavy (non-hydrogen) atoms. The number of aromatic nitrogens is 2. The Morgan fingerprint density at radius 1 is 1.03 bits per heavy atom. The van der Waals surface area contributed by atoms with E-state index in [1.807, 2.05) is 20.0 Å². The van der Waals surface area contributed by atoms with Gasteiger partial charge in [0.25, 0.3) is 0 Å². The first-order chi connectivity index (χ1) is 17.0. The number of rotatable bonds is 6. The maximum atomic E-state index is 14.6. The van der Waals surface area contributed by atoms with E-state index < -0.39 is 5.82 Å². The van der Waals surface area contributed by atoms with Crippen LogP contribution in [0.15, 0.2) is 24.3 Å². The molecule has 0 spiro atoms. The van der Waals surface area contributed by atoms with Crippen molar-refractivity contribution in [2.45, 2.75) is 59.4 Å². The number of aryl methyl sites for hydroxylation is 1. The second-order valence-corrected chi connectivity index (χ2v) is 12.3. The van der Waals surface area contributed by atoms with Crippen molar-refractivity contribution in [2.24, 2.45) is 17.9 Å². The van der Waals surface area contributed by atoms with E-state index in [1.54, 1.807) is 6.07 Å². The molecule has 2 aliphatic rings. The van der Waals surface area contributed by atoms with Gasteiger partial charge in [0.05, 0.1) is 21.7 Å². The summed E-state index contributed by atoms with van der Waals surface area (Å²) in [6.07, 6.45) is 4.45. The van der Waals surface area contributed by atoms with Crippen LogP contribution in [0.5, 0.6) is 0 Å². The van der Waals surface area contributed by atoms with Gasteiger partial charge in [0.15, 0.2) is 0 Å². The summed E-state index contributed by atoms with van der Waals surface area (Å²) < 4.78 is 16.7. The Morgan fingerprint density at radius 3 is 2.39 bits per heavy atom. The van der Waals surface area contributed by atoms with Crippen LogP contribution < -0.4 is 10.2 Å². The van der Waals surface area contributed by atoms with Gasteiger partial charge in [-0.2, -0.15) is 0 Å². The van der Waals surface area contributed by atoms with Crippen molar-refractivity contribution in [3.05, 3.63) is 57.1 Å². The van der Waals surface area contributed by atoms with Gasteiger partial charge in [-0.25, -0.2) is 9.37 Å². The molecular weight excluding hydrogens is 498 g/mol. The van der Waals surface area contributed by atoms with Crippen molar-refractivity contribution >= 4 is 45.8 Å². The number of imidazole rings is 1. The number of benzene rings is 2. The van der Waals surface area contributed by atoms with E-state index in [1.165, 1.54) is 6.07 Å². The molecule has 0 atom stereocenters. The van der Waals surface area contributed by atoms with E-state index in [-0.39, 0.29) is 17.9 Å². The maximum Gasteiger partial charge on any atom is 0.226 e. The number of carbonyl (C=O) groups is 1. The van der Waals surface area contributed by atoms with Gasteiger partial charge < -0.3 is 14.8 Å². The summed E-state index contributed by atoms with van der Waals surface area (Å²) in [4.78, 5) is 19.5. The molecule has 0 radical (unpaired) electrons. The average Bonchev–Trinajstić information content (AvgIpc) is 3.50. The van der Waals surface area contributed by atoms with Crippen LogP contribution in [-0.4, -0.2) is 28.5 Å². The number of halogens is 3. The summed E-state index contributed by atoms with van der Waals surface area (Å²) >= 11 is 13.1. The standard InChI is InChI=1S/C28H33Cl2FN4O/c1-27(2)7-9-35(10-8-27)23-15-24-22(14-20(23)30)33-25(34(24)4)12-17-11-18(21(31)13-19(17)29)16-32-26(36)28(3)5-6-28/h11,13-15H,5-10,12,16H2,1-4H3,(H,32,36). The van der Waals surface area contributed by atoms with E-state index in [0.717, 1.165) is 66.9 Å². The number of hydrogen-bond acceptors (Lipinski definition) is 3. The van der Waals surface area contributed by atoms with Crippen LogP contribution in [0.4, 0.5) is 10.1 Å². The number of fused-ring (bicyclic) bond motifs is 1. The predicted molar refractivity (Wildman–Crippen MR) is 144 cm³/mol. The molecule has 1 N–H and O–H groups in total. The minimum Gasteiger partial charge on any atom is -0.370 e. The lowest BCUT2D eigenvalue weighted by Gasteiger charge is -2.38. The van der Waals surface area contributed by atoms with Gasteiger partial charge >= 0.3 is 0 Å². The van der Waals surface area contributed by atoms with E-state index >= 15 is 0 Å². The van der Waals surface area contributed by atoms with Crippen molar-refractivity contribution in [3.8, 4) is 0 Å². The molecule has 0 unspecified atom stereocenters. The van der Waals surface area contributed by atoms with E-state index in [4.69, 9.17) is 28.2 Å². The molecule has 5 rings (SSSR count). The Balaban J connectivity index is 1.39. The highest BCUT2D eigenvalue weighted by atomic mass is 35.5. The van der Waals surface area contributed by atoms with Crippen LogP contribution in [0.1, 0.15) is 63.4 Å². The van der Waals surface area contributed by atoms with Crippen LogP contribution in [0.3, 0.4) is 0 Å². The quantitative estimate of drug-likeness (QED) is 0.388. The molecule has 2 fully saturated rings. The Hall–Kier alpha value is -2.31. The largest absolute Gasteiger partial charge is 0.370 e. The first-order valence-corrected chi connectivity index (χ1v) is 13.4. The number of piperidine rings is 1. The van der Waals surface area contributed by atoms with Gasteiger partial charge in [-0.15, -0.1) is 0 Å².